The molecule has 0 spiro atoms. The third-order valence-electron chi connectivity index (χ3n) is 5.04. The molecule has 4 rings (SSSR count). The van der Waals surface area contributed by atoms with E-state index in [1.54, 1.807) is 11.1 Å². The lowest BCUT2D eigenvalue weighted by Crippen LogP contribution is -2.30. The number of benzene rings is 2. The van der Waals surface area contributed by atoms with Gasteiger partial charge < -0.3 is 0 Å². The number of halogens is 1. The van der Waals surface area contributed by atoms with E-state index in [0.29, 0.717) is 21.4 Å². The van der Waals surface area contributed by atoms with Crippen LogP contribution in [0.2, 0.25) is 5.02 Å². The number of aryl methyl sites for hydroxylation is 1. The molecule has 0 aliphatic rings. The van der Waals surface area contributed by atoms with Crippen molar-refractivity contribution in [1.29, 1.82) is 0 Å². The summed E-state index contributed by atoms with van der Waals surface area (Å²) in [5.74, 6) is -0.308. The van der Waals surface area contributed by atoms with Crippen LogP contribution in [0.1, 0.15) is 21.6 Å². The lowest BCUT2D eigenvalue weighted by molar-refractivity contribution is 0.0984. The first-order valence-corrected chi connectivity index (χ1v) is 12.6. The van der Waals surface area contributed by atoms with Gasteiger partial charge in [0.25, 0.3) is 5.91 Å². The monoisotopic (exact) mass is 500 g/mol. The van der Waals surface area contributed by atoms with Crippen molar-refractivity contribution < 1.29 is 13.2 Å². The number of sulfonamides is 1. The standard InChI is InChI=1S/C23H21ClN4O3S2/c1-15-12-17(24)13-20-21(15)26-23(32-20)28(14-18-6-4-5-11-25-18)22(29)16-7-9-19(10-8-16)33(30,31)27(2)3/h4-13H,14H2,1-3H3. The van der Waals surface area contributed by atoms with Gasteiger partial charge in [-0.25, -0.2) is 17.7 Å². The number of amides is 1. The van der Waals surface area contributed by atoms with E-state index in [2.05, 4.69) is 4.98 Å². The number of fused-ring (bicyclic) bond motifs is 1. The molecule has 0 unspecified atom stereocenters. The maximum Gasteiger partial charge on any atom is 0.260 e. The van der Waals surface area contributed by atoms with Gasteiger partial charge in [-0.05, 0) is 61.0 Å². The van der Waals surface area contributed by atoms with Gasteiger partial charge in [-0.2, -0.15) is 0 Å². The number of nitrogens with zero attached hydrogens (tertiary/aromatic N) is 4. The minimum absolute atomic E-state index is 0.116. The Morgan fingerprint density at radius 3 is 2.45 bits per heavy atom. The topological polar surface area (TPSA) is 83.5 Å². The van der Waals surface area contributed by atoms with Crippen LogP contribution in [-0.4, -0.2) is 42.7 Å². The van der Waals surface area contributed by atoms with Crippen molar-refractivity contribution in [2.24, 2.45) is 0 Å². The van der Waals surface area contributed by atoms with Crippen LogP contribution >= 0.6 is 22.9 Å². The van der Waals surface area contributed by atoms with Gasteiger partial charge in [0.1, 0.15) is 0 Å². The molecule has 0 aliphatic carbocycles. The normalized spacial score (nSPS) is 11.8. The number of carbonyl (C=O) groups excluding carboxylic acids is 1. The van der Waals surface area contributed by atoms with Gasteiger partial charge in [0.15, 0.2) is 5.13 Å². The SMILES string of the molecule is Cc1cc(Cl)cc2sc(N(Cc3ccccn3)C(=O)c3ccc(S(=O)(=O)N(C)C)cc3)nc12. The van der Waals surface area contributed by atoms with Crippen molar-refractivity contribution in [2.75, 3.05) is 19.0 Å². The predicted octanol–water partition coefficient (Wildman–Crippen LogP) is 4.75. The highest BCUT2D eigenvalue weighted by atomic mass is 35.5. The third-order valence-corrected chi connectivity index (χ3v) is 8.11. The molecule has 0 N–H and O–H groups in total. The van der Waals surface area contributed by atoms with E-state index in [1.165, 1.54) is 49.7 Å². The largest absolute Gasteiger partial charge is 0.278 e. The first-order valence-electron chi connectivity index (χ1n) is 9.98. The van der Waals surface area contributed by atoms with Crippen LogP contribution in [-0.2, 0) is 16.6 Å². The Hall–Kier alpha value is -2.85. The van der Waals surface area contributed by atoms with E-state index in [9.17, 15) is 13.2 Å². The summed E-state index contributed by atoms with van der Waals surface area (Å²) < 4.78 is 26.8. The van der Waals surface area contributed by atoms with Crippen LogP contribution in [0.15, 0.2) is 65.7 Å². The van der Waals surface area contributed by atoms with E-state index >= 15 is 0 Å². The number of pyridine rings is 1. The minimum atomic E-state index is -3.59. The maximum absolute atomic E-state index is 13.6. The summed E-state index contributed by atoms with van der Waals surface area (Å²) in [4.78, 5) is 24.3. The van der Waals surface area contributed by atoms with Crippen molar-refractivity contribution in [1.82, 2.24) is 14.3 Å². The summed E-state index contributed by atoms with van der Waals surface area (Å²) in [6.45, 7) is 2.14. The zero-order chi connectivity index (χ0) is 23.8. The Bertz CT molecular complexity index is 1420. The van der Waals surface area contributed by atoms with Crippen molar-refractivity contribution >= 4 is 54.2 Å². The Morgan fingerprint density at radius 2 is 1.82 bits per heavy atom. The van der Waals surface area contributed by atoms with Crippen LogP contribution < -0.4 is 4.90 Å². The summed E-state index contributed by atoms with van der Waals surface area (Å²) in [5, 5.41) is 1.12. The molecule has 2 aromatic heterocycles. The average Bonchev–Trinajstić information content (AvgIpc) is 3.22. The molecule has 4 aromatic rings. The molecule has 0 fully saturated rings. The smallest absolute Gasteiger partial charge is 0.260 e. The molecule has 0 saturated heterocycles. The number of hydrogen-bond acceptors (Lipinski definition) is 6. The third kappa shape index (κ3) is 4.77. The second-order valence-electron chi connectivity index (χ2n) is 7.59. The van der Waals surface area contributed by atoms with Gasteiger partial charge in [0, 0.05) is 30.9 Å². The highest BCUT2D eigenvalue weighted by Gasteiger charge is 2.24. The molecule has 0 atom stereocenters. The highest BCUT2D eigenvalue weighted by Crippen LogP contribution is 2.34. The van der Waals surface area contributed by atoms with Gasteiger partial charge in [-0.3, -0.25) is 14.7 Å². The Balaban J connectivity index is 1.75. The lowest BCUT2D eigenvalue weighted by atomic mass is 10.2. The van der Waals surface area contributed by atoms with E-state index in [-0.39, 0.29) is 17.3 Å². The summed E-state index contributed by atoms with van der Waals surface area (Å²) in [5.41, 5.74) is 2.75. The Kier molecular flexibility index (Phi) is 6.49. The molecule has 0 bridgehead atoms. The molecule has 2 heterocycles. The lowest BCUT2D eigenvalue weighted by Gasteiger charge is -2.20. The molecule has 0 aliphatic heterocycles. The first kappa shape index (κ1) is 23.3. The summed E-state index contributed by atoms with van der Waals surface area (Å²) in [7, 11) is -0.666. The number of rotatable bonds is 6. The van der Waals surface area contributed by atoms with Gasteiger partial charge in [0.2, 0.25) is 10.0 Å². The number of carbonyl (C=O) groups is 1. The van der Waals surface area contributed by atoms with Gasteiger partial charge >= 0.3 is 0 Å². The summed E-state index contributed by atoms with van der Waals surface area (Å²) >= 11 is 7.58. The van der Waals surface area contributed by atoms with Crippen LogP contribution in [0.4, 0.5) is 5.13 Å². The minimum Gasteiger partial charge on any atom is -0.278 e. The molecule has 0 radical (unpaired) electrons. The van der Waals surface area contributed by atoms with Crippen molar-refractivity contribution in [3.05, 3.63) is 82.6 Å². The van der Waals surface area contributed by atoms with E-state index < -0.39 is 10.0 Å². The predicted molar refractivity (Wildman–Crippen MR) is 131 cm³/mol. The van der Waals surface area contributed by atoms with Gasteiger partial charge in [-0.1, -0.05) is 29.0 Å². The zero-order valence-corrected chi connectivity index (χ0v) is 20.6. The average molecular weight is 501 g/mol. The van der Waals surface area contributed by atoms with E-state index in [4.69, 9.17) is 16.6 Å². The fourth-order valence-electron chi connectivity index (χ4n) is 3.27. The fraction of sp³-hybridized carbons (Fsp3) is 0.174. The van der Waals surface area contributed by atoms with Crippen LogP contribution in [0, 0.1) is 6.92 Å². The quantitative estimate of drug-likeness (QED) is 0.381. The van der Waals surface area contributed by atoms with E-state index in [0.717, 1.165) is 20.1 Å². The fourth-order valence-corrected chi connectivity index (χ4v) is 5.59. The summed E-state index contributed by atoms with van der Waals surface area (Å²) in [6, 6.07) is 15.1. The molecule has 33 heavy (non-hydrogen) atoms. The Morgan fingerprint density at radius 1 is 1.09 bits per heavy atom. The molecule has 2 aromatic carbocycles. The second kappa shape index (κ2) is 9.18. The van der Waals surface area contributed by atoms with Crippen LogP contribution in [0.5, 0.6) is 0 Å². The summed E-state index contributed by atoms with van der Waals surface area (Å²) in [6.07, 6.45) is 1.67. The van der Waals surface area contributed by atoms with Crippen LogP contribution in [0.3, 0.4) is 0 Å². The van der Waals surface area contributed by atoms with Gasteiger partial charge in [-0.15, -0.1) is 0 Å². The molecule has 1 amide bonds. The number of anilines is 1. The Labute approximate surface area is 201 Å². The van der Waals surface area contributed by atoms with Crippen molar-refractivity contribution in [2.45, 2.75) is 18.4 Å². The first-order chi connectivity index (χ1) is 15.7. The number of aromatic nitrogens is 2. The van der Waals surface area contributed by atoms with E-state index in [1.807, 2.05) is 37.3 Å². The molecular weight excluding hydrogens is 480 g/mol. The zero-order valence-electron chi connectivity index (χ0n) is 18.2. The van der Waals surface area contributed by atoms with Gasteiger partial charge in [0.05, 0.1) is 27.4 Å². The molecule has 170 valence electrons. The molecule has 0 saturated carbocycles. The molecular formula is C23H21ClN4O3S2. The van der Waals surface area contributed by atoms with Crippen LogP contribution in [0.25, 0.3) is 10.2 Å². The molecule has 7 nitrogen and oxygen atoms in total. The highest BCUT2D eigenvalue weighted by molar-refractivity contribution is 7.89. The number of thiazole rings is 1. The van der Waals surface area contributed by atoms with Crippen molar-refractivity contribution in [3.8, 4) is 0 Å². The number of hydrogen-bond donors (Lipinski definition) is 0. The molecule has 10 heteroatoms. The second-order valence-corrected chi connectivity index (χ2v) is 11.2. The van der Waals surface area contributed by atoms with Crippen molar-refractivity contribution in [3.63, 3.8) is 0 Å². The maximum atomic E-state index is 13.6.